The molecule has 9 nitrogen and oxygen atoms in total. The molecule has 10 heteroatoms. The predicted molar refractivity (Wildman–Crippen MR) is 93.7 cm³/mol. The zero-order valence-corrected chi connectivity index (χ0v) is 14.3. The first-order valence-corrected chi connectivity index (χ1v) is 8.33. The van der Waals surface area contributed by atoms with Crippen LogP contribution >= 0.6 is 11.3 Å². The van der Waals surface area contributed by atoms with Gasteiger partial charge in [0.15, 0.2) is 5.13 Å². The van der Waals surface area contributed by atoms with Crippen molar-refractivity contribution >= 4 is 22.6 Å². The maximum Gasteiger partial charge on any atom is 0.421 e. The number of thiazole rings is 1. The van der Waals surface area contributed by atoms with Crippen molar-refractivity contribution in [1.29, 1.82) is 0 Å². The highest BCUT2D eigenvalue weighted by molar-refractivity contribution is 7.19. The van der Waals surface area contributed by atoms with Gasteiger partial charge in [-0.25, -0.2) is 9.78 Å². The molecular formula is C16H12N6O3S. The number of benzene rings is 1. The summed E-state index contributed by atoms with van der Waals surface area (Å²) in [6.07, 6.45) is 0.712. The lowest BCUT2D eigenvalue weighted by molar-refractivity contribution is 0.202. The molecule has 3 aromatic heterocycles. The first-order chi connectivity index (χ1) is 12.7. The Morgan fingerprint density at radius 1 is 1.23 bits per heavy atom. The van der Waals surface area contributed by atoms with Crippen molar-refractivity contribution < 1.29 is 13.9 Å². The number of rotatable bonds is 4. The molecule has 26 heavy (non-hydrogen) atoms. The number of aromatic nitrogens is 5. The van der Waals surface area contributed by atoms with Gasteiger partial charge in [-0.2, -0.15) is 4.80 Å². The van der Waals surface area contributed by atoms with E-state index in [1.54, 1.807) is 13.1 Å². The van der Waals surface area contributed by atoms with Crippen molar-refractivity contribution in [2.24, 2.45) is 7.05 Å². The van der Waals surface area contributed by atoms with Gasteiger partial charge in [-0.1, -0.05) is 41.7 Å². The molecule has 0 saturated carbocycles. The molecule has 0 spiro atoms. The average Bonchev–Trinajstić information content (AvgIpc) is 3.37. The number of carbonyl (C=O) groups excluding carboxylic acids is 1. The minimum Gasteiger partial charge on any atom is -0.434 e. The van der Waals surface area contributed by atoms with E-state index in [0.717, 1.165) is 5.56 Å². The van der Waals surface area contributed by atoms with Crippen molar-refractivity contribution in [2.45, 2.75) is 0 Å². The number of carbonyl (C=O) groups is 1. The second kappa shape index (κ2) is 6.76. The van der Waals surface area contributed by atoms with Gasteiger partial charge in [-0.3, -0.25) is 5.32 Å². The Labute approximate surface area is 151 Å². The first-order valence-electron chi connectivity index (χ1n) is 7.52. The summed E-state index contributed by atoms with van der Waals surface area (Å²) in [5, 5.41) is 15.1. The third-order valence-electron chi connectivity index (χ3n) is 3.28. The van der Waals surface area contributed by atoms with Crippen LogP contribution in [-0.4, -0.2) is 31.3 Å². The quantitative estimate of drug-likeness (QED) is 0.589. The van der Waals surface area contributed by atoms with Gasteiger partial charge in [-0.05, 0) is 11.3 Å². The highest BCUT2D eigenvalue weighted by Gasteiger charge is 2.20. The molecule has 0 saturated heterocycles. The molecule has 130 valence electrons. The Morgan fingerprint density at radius 3 is 2.77 bits per heavy atom. The summed E-state index contributed by atoms with van der Waals surface area (Å²) in [5.41, 5.74) is 1.52. The number of amides is 1. The van der Waals surface area contributed by atoms with Gasteiger partial charge in [0.1, 0.15) is 4.88 Å². The van der Waals surface area contributed by atoms with Crippen LogP contribution in [0.2, 0.25) is 0 Å². The topological polar surface area (TPSA) is 108 Å². The maximum absolute atomic E-state index is 12.0. The Kier molecular flexibility index (Phi) is 4.15. The highest BCUT2D eigenvalue weighted by Crippen LogP contribution is 2.37. The van der Waals surface area contributed by atoms with E-state index in [4.69, 9.17) is 9.15 Å². The molecule has 4 rings (SSSR count). The molecule has 1 aromatic carbocycles. The predicted octanol–water partition coefficient (Wildman–Crippen LogP) is 3.20. The van der Waals surface area contributed by atoms with Crippen LogP contribution in [0.25, 0.3) is 22.0 Å². The average molecular weight is 368 g/mol. The van der Waals surface area contributed by atoms with Gasteiger partial charge in [0.2, 0.25) is 5.82 Å². The van der Waals surface area contributed by atoms with Crippen LogP contribution in [-0.2, 0) is 7.05 Å². The Balaban J connectivity index is 1.66. The zero-order chi connectivity index (χ0) is 17.9. The number of anilines is 1. The van der Waals surface area contributed by atoms with Gasteiger partial charge in [0, 0.05) is 11.6 Å². The first kappa shape index (κ1) is 16.0. The number of aryl methyl sites for hydroxylation is 1. The molecular weight excluding hydrogens is 356 g/mol. The Morgan fingerprint density at radius 2 is 2.08 bits per heavy atom. The minimum atomic E-state index is -0.702. The summed E-state index contributed by atoms with van der Waals surface area (Å²) < 4.78 is 10.0. The van der Waals surface area contributed by atoms with E-state index >= 15 is 0 Å². The molecule has 0 aliphatic heterocycles. The van der Waals surface area contributed by atoms with Crippen molar-refractivity contribution in [1.82, 2.24) is 25.2 Å². The van der Waals surface area contributed by atoms with E-state index in [0.29, 0.717) is 21.5 Å². The van der Waals surface area contributed by atoms with E-state index in [1.807, 2.05) is 30.3 Å². The van der Waals surface area contributed by atoms with E-state index in [-0.39, 0.29) is 5.95 Å². The third kappa shape index (κ3) is 3.30. The van der Waals surface area contributed by atoms with Gasteiger partial charge in [0.05, 0.1) is 19.0 Å². The normalized spacial score (nSPS) is 10.7. The lowest BCUT2D eigenvalue weighted by atomic mass is 10.1. The van der Waals surface area contributed by atoms with Crippen molar-refractivity contribution in [3.63, 3.8) is 0 Å². The number of tetrazole rings is 1. The molecule has 0 aliphatic carbocycles. The number of furan rings is 1. The fourth-order valence-electron chi connectivity index (χ4n) is 2.22. The highest BCUT2D eigenvalue weighted by atomic mass is 32.1. The molecule has 1 N–H and O–H groups in total. The summed E-state index contributed by atoms with van der Waals surface area (Å²) in [4.78, 5) is 18.6. The standard InChI is InChI=1S/C16H12N6O3S/c1-22-20-14(19-21-22)13-12(10-6-3-2-4-7-10)17-15(26-13)18-16(23)25-11-8-5-9-24-11/h2-9H,1H3,(H,17,18,23). The van der Waals surface area contributed by atoms with Crippen LogP contribution in [0.3, 0.4) is 0 Å². The molecule has 1 amide bonds. The van der Waals surface area contributed by atoms with Crippen LogP contribution in [0.15, 0.2) is 53.1 Å². The summed E-state index contributed by atoms with van der Waals surface area (Å²) in [5.74, 6) is 0.523. The number of ether oxygens (including phenoxy) is 1. The molecule has 0 fully saturated rings. The van der Waals surface area contributed by atoms with Crippen LogP contribution in [0.1, 0.15) is 0 Å². The van der Waals surface area contributed by atoms with E-state index in [9.17, 15) is 4.79 Å². The molecule has 0 unspecified atom stereocenters. The van der Waals surface area contributed by atoms with Gasteiger partial charge in [-0.15, -0.1) is 10.2 Å². The number of nitrogens with zero attached hydrogens (tertiary/aromatic N) is 5. The van der Waals surface area contributed by atoms with E-state index in [2.05, 4.69) is 25.7 Å². The Hall–Kier alpha value is -3.53. The summed E-state index contributed by atoms with van der Waals surface area (Å²) in [6.45, 7) is 0. The Bertz CT molecular complexity index is 1030. The number of hydrogen-bond acceptors (Lipinski definition) is 8. The lowest BCUT2D eigenvalue weighted by Crippen LogP contribution is -2.16. The summed E-state index contributed by atoms with van der Waals surface area (Å²) in [7, 11) is 1.68. The molecule has 3 heterocycles. The summed E-state index contributed by atoms with van der Waals surface area (Å²) >= 11 is 1.23. The fourth-order valence-corrected chi connectivity index (χ4v) is 3.12. The summed E-state index contributed by atoms with van der Waals surface area (Å²) in [6, 6.07) is 12.7. The lowest BCUT2D eigenvalue weighted by Gasteiger charge is -2.00. The van der Waals surface area contributed by atoms with Crippen molar-refractivity contribution in [3.05, 3.63) is 48.7 Å². The number of nitrogens with one attached hydrogen (secondary N) is 1. The molecule has 0 aliphatic rings. The van der Waals surface area contributed by atoms with Gasteiger partial charge in [0.25, 0.3) is 5.95 Å². The SMILES string of the molecule is Cn1nnc(-c2sc(NC(=O)Oc3ccco3)nc2-c2ccccc2)n1. The van der Waals surface area contributed by atoms with E-state index < -0.39 is 6.09 Å². The zero-order valence-electron chi connectivity index (χ0n) is 13.5. The van der Waals surface area contributed by atoms with Crippen molar-refractivity contribution in [2.75, 3.05) is 5.32 Å². The third-order valence-corrected chi connectivity index (χ3v) is 4.25. The number of hydrogen-bond donors (Lipinski definition) is 1. The maximum atomic E-state index is 12.0. The van der Waals surface area contributed by atoms with E-state index in [1.165, 1.54) is 28.5 Å². The molecule has 0 atom stereocenters. The smallest absolute Gasteiger partial charge is 0.421 e. The van der Waals surface area contributed by atoms with Crippen LogP contribution in [0.5, 0.6) is 5.95 Å². The largest absolute Gasteiger partial charge is 0.434 e. The molecule has 4 aromatic rings. The fraction of sp³-hybridized carbons (Fsp3) is 0.0625. The van der Waals surface area contributed by atoms with Gasteiger partial charge < -0.3 is 9.15 Å². The van der Waals surface area contributed by atoms with Crippen molar-refractivity contribution in [3.8, 4) is 27.9 Å². The molecule has 0 bridgehead atoms. The molecule has 0 radical (unpaired) electrons. The van der Waals surface area contributed by atoms with Gasteiger partial charge >= 0.3 is 6.09 Å². The second-order valence-electron chi connectivity index (χ2n) is 5.11. The second-order valence-corrected chi connectivity index (χ2v) is 6.11. The van der Waals surface area contributed by atoms with Crippen LogP contribution < -0.4 is 10.1 Å². The van der Waals surface area contributed by atoms with Crippen LogP contribution in [0.4, 0.5) is 9.93 Å². The monoisotopic (exact) mass is 368 g/mol. The van der Waals surface area contributed by atoms with Crippen LogP contribution in [0, 0.1) is 0 Å². The minimum absolute atomic E-state index is 0.0955.